The summed E-state index contributed by atoms with van der Waals surface area (Å²) in [6.07, 6.45) is 0. The van der Waals surface area contributed by atoms with Gasteiger partial charge in [-0.05, 0) is 0 Å². The molecule has 0 unspecified atom stereocenters. The summed E-state index contributed by atoms with van der Waals surface area (Å²) in [5.41, 5.74) is 0. The molecule has 6 heteroatoms. The fraction of sp³-hybridized carbons (Fsp3) is 0.571. The minimum atomic E-state index is -0.995. The maximum atomic E-state index is 10.7. The van der Waals surface area contributed by atoms with E-state index in [-0.39, 0.29) is 6.61 Å². The Hall–Kier alpha value is -1.43. The SMILES string of the molecule is COC(=O)COCC(=O)C(=O)OC. The summed E-state index contributed by atoms with van der Waals surface area (Å²) in [4.78, 5) is 31.6. The van der Waals surface area contributed by atoms with Crippen molar-refractivity contribution < 1.29 is 28.6 Å². The first kappa shape index (κ1) is 11.6. The first-order chi connectivity index (χ1) is 6.11. The molecular weight excluding hydrogens is 180 g/mol. The van der Waals surface area contributed by atoms with Gasteiger partial charge >= 0.3 is 11.9 Å². The fourth-order valence-corrected chi connectivity index (χ4v) is 0.459. The van der Waals surface area contributed by atoms with E-state index < -0.39 is 24.3 Å². The number of hydrogen-bond donors (Lipinski definition) is 0. The van der Waals surface area contributed by atoms with E-state index in [4.69, 9.17) is 0 Å². The maximum absolute atomic E-state index is 10.7. The van der Waals surface area contributed by atoms with Crippen molar-refractivity contribution in [2.24, 2.45) is 0 Å². The second kappa shape index (κ2) is 6.13. The number of rotatable bonds is 5. The largest absolute Gasteiger partial charge is 0.467 e. The van der Waals surface area contributed by atoms with Crippen LogP contribution in [0.25, 0.3) is 0 Å². The van der Waals surface area contributed by atoms with E-state index in [0.29, 0.717) is 0 Å². The Labute approximate surface area is 74.8 Å². The molecule has 0 fully saturated rings. The van der Waals surface area contributed by atoms with E-state index in [1.54, 1.807) is 0 Å². The highest BCUT2D eigenvalue weighted by atomic mass is 16.6. The molecule has 13 heavy (non-hydrogen) atoms. The zero-order valence-corrected chi connectivity index (χ0v) is 7.36. The minimum absolute atomic E-state index is 0.362. The molecule has 0 aliphatic carbocycles. The molecule has 0 bridgehead atoms. The molecule has 0 spiro atoms. The van der Waals surface area contributed by atoms with Crippen molar-refractivity contribution >= 4 is 17.7 Å². The van der Waals surface area contributed by atoms with Crippen LogP contribution in [0.4, 0.5) is 0 Å². The Morgan fingerprint density at radius 1 is 1.00 bits per heavy atom. The molecule has 0 aromatic rings. The van der Waals surface area contributed by atoms with Crippen molar-refractivity contribution in [2.75, 3.05) is 27.4 Å². The second-order valence-electron chi connectivity index (χ2n) is 1.98. The smallest absolute Gasteiger partial charge is 0.376 e. The molecule has 0 atom stereocenters. The lowest BCUT2D eigenvalue weighted by atomic mass is 10.4. The van der Waals surface area contributed by atoms with E-state index in [0.717, 1.165) is 7.11 Å². The number of methoxy groups -OCH3 is 2. The van der Waals surface area contributed by atoms with Crippen LogP contribution in [-0.4, -0.2) is 45.2 Å². The molecule has 0 saturated carbocycles. The number of Topliss-reactive ketones (excluding diaryl/α,β-unsaturated/α-hetero) is 1. The fourth-order valence-electron chi connectivity index (χ4n) is 0.459. The van der Waals surface area contributed by atoms with Gasteiger partial charge in [0.15, 0.2) is 0 Å². The molecule has 0 N–H and O–H groups in total. The summed E-state index contributed by atoms with van der Waals surface area (Å²) in [5, 5.41) is 0. The predicted molar refractivity (Wildman–Crippen MR) is 39.9 cm³/mol. The van der Waals surface area contributed by atoms with Crippen LogP contribution in [0.3, 0.4) is 0 Å². The maximum Gasteiger partial charge on any atom is 0.376 e. The lowest BCUT2D eigenvalue weighted by Crippen LogP contribution is -2.23. The summed E-state index contributed by atoms with van der Waals surface area (Å²) >= 11 is 0. The molecule has 6 nitrogen and oxygen atoms in total. The van der Waals surface area contributed by atoms with Gasteiger partial charge in [0.25, 0.3) is 5.78 Å². The monoisotopic (exact) mass is 190 g/mol. The summed E-state index contributed by atoms with van der Waals surface area (Å²) in [5.74, 6) is -2.45. The van der Waals surface area contributed by atoms with Crippen LogP contribution in [0.2, 0.25) is 0 Å². The average Bonchev–Trinajstić information content (AvgIpc) is 2.15. The van der Waals surface area contributed by atoms with Gasteiger partial charge < -0.3 is 14.2 Å². The van der Waals surface area contributed by atoms with Gasteiger partial charge in [0.1, 0.15) is 13.2 Å². The highest BCUT2D eigenvalue weighted by Gasteiger charge is 2.14. The third-order valence-electron chi connectivity index (χ3n) is 1.09. The lowest BCUT2D eigenvalue weighted by Gasteiger charge is -2.00. The Balaban J connectivity index is 3.59. The van der Waals surface area contributed by atoms with Gasteiger partial charge in [-0.1, -0.05) is 0 Å². The zero-order chi connectivity index (χ0) is 10.3. The van der Waals surface area contributed by atoms with Crippen LogP contribution in [0.5, 0.6) is 0 Å². The molecule has 0 rings (SSSR count). The minimum Gasteiger partial charge on any atom is -0.467 e. The molecule has 0 aliphatic heterocycles. The molecule has 0 amide bonds. The molecule has 0 heterocycles. The van der Waals surface area contributed by atoms with Crippen molar-refractivity contribution in [3.63, 3.8) is 0 Å². The molecule has 0 aromatic carbocycles. The predicted octanol–water partition coefficient (Wildman–Crippen LogP) is -1.08. The summed E-state index contributed by atoms with van der Waals surface area (Å²) in [6, 6.07) is 0. The number of carbonyl (C=O) groups excluding carboxylic acids is 3. The van der Waals surface area contributed by atoms with E-state index in [2.05, 4.69) is 14.2 Å². The first-order valence-electron chi connectivity index (χ1n) is 3.37. The quantitative estimate of drug-likeness (QED) is 0.405. The summed E-state index contributed by atoms with van der Waals surface area (Å²) < 4.78 is 12.9. The summed E-state index contributed by atoms with van der Waals surface area (Å²) in [6.45, 7) is -0.846. The lowest BCUT2D eigenvalue weighted by molar-refractivity contribution is -0.156. The number of hydrogen-bond acceptors (Lipinski definition) is 6. The standard InChI is InChI=1S/C7H10O6/c1-11-6(9)4-13-3-5(8)7(10)12-2/h3-4H2,1-2H3. The van der Waals surface area contributed by atoms with Crippen molar-refractivity contribution in [2.45, 2.75) is 0 Å². The molecule has 0 aromatic heterocycles. The normalized spacial score (nSPS) is 9.08. The van der Waals surface area contributed by atoms with Crippen LogP contribution >= 0.6 is 0 Å². The Morgan fingerprint density at radius 2 is 1.62 bits per heavy atom. The molecule has 0 radical (unpaired) electrons. The van der Waals surface area contributed by atoms with Crippen molar-refractivity contribution in [1.29, 1.82) is 0 Å². The van der Waals surface area contributed by atoms with Gasteiger partial charge in [0.2, 0.25) is 0 Å². The van der Waals surface area contributed by atoms with Gasteiger partial charge in [-0.25, -0.2) is 9.59 Å². The third-order valence-corrected chi connectivity index (χ3v) is 1.09. The highest BCUT2D eigenvalue weighted by molar-refractivity contribution is 6.34. The van der Waals surface area contributed by atoms with Crippen LogP contribution in [-0.2, 0) is 28.6 Å². The zero-order valence-electron chi connectivity index (χ0n) is 7.36. The van der Waals surface area contributed by atoms with E-state index >= 15 is 0 Å². The second-order valence-corrected chi connectivity index (χ2v) is 1.98. The van der Waals surface area contributed by atoms with Crippen LogP contribution in [0, 0.1) is 0 Å². The molecule has 0 aliphatic rings. The average molecular weight is 190 g/mol. The van der Waals surface area contributed by atoms with Gasteiger partial charge in [-0.15, -0.1) is 0 Å². The van der Waals surface area contributed by atoms with Crippen molar-refractivity contribution in [1.82, 2.24) is 0 Å². The van der Waals surface area contributed by atoms with E-state index in [1.165, 1.54) is 7.11 Å². The van der Waals surface area contributed by atoms with Crippen LogP contribution in [0.1, 0.15) is 0 Å². The highest BCUT2D eigenvalue weighted by Crippen LogP contribution is 1.83. The number of carbonyl (C=O) groups is 3. The molecule has 74 valence electrons. The molecule has 0 saturated heterocycles. The topological polar surface area (TPSA) is 78.9 Å². The van der Waals surface area contributed by atoms with Gasteiger partial charge in [0.05, 0.1) is 14.2 Å². The molecular formula is C7H10O6. The van der Waals surface area contributed by atoms with Crippen molar-refractivity contribution in [3.05, 3.63) is 0 Å². The summed E-state index contributed by atoms with van der Waals surface area (Å²) in [7, 11) is 2.27. The van der Waals surface area contributed by atoms with Crippen LogP contribution in [0.15, 0.2) is 0 Å². The number of ether oxygens (including phenoxy) is 3. The Bertz CT molecular complexity index is 209. The third kappa shape index (κ3) is 4.91. The number of esters is 2. The van der Waals surface area contributed by atoms with Gasteiger partial charge in [-0.3, -0.25) is 4.79 Å². The van der Waals surface area contributed by atoms with Crippen LogP contribution < -0.4 is 0 Å². The Kier molecular flexibility index (Phi) is 5.45. The first-order valence-corrected chi connectivity index (χ1v) is 3.37. The van der Waals surface area contributed by atoms with E-state index in [1.807, 2.05) is 0 Å². The van der Waals surface area contributed by atoms with Gasteiger partial charge in [0, 0.05) is 0 Å². The Morgan fingerprint density at radius 3 is 2.08 bits per heavy atom. The van der Waals surface area contributed by atoms with E-state index in [9.17, 15) is 14.4 Å². The van der Waals surface area contributed by atoms with Gasteiger partial charge in [-0.2, -0.15) is 0 Å². The van der Waals surface area contributed by atoms with Crippen molar-refractivity contribution in [3.8, 4) is 0 Å². The number of ketones is 1.